The fraction of sp³-hybridized carbons (Fsp3) is 0.600. The number of hydrogen-bond donors (Lipinski definition) is 3. The van der Waals surface area contributed by atoms with Gasteiger partial charge in [0.2, 0.25) is 15.9 Å². The van der Waals surface area contributed by atoms with Crippen molar-refractivity contribution in [1.29, 1.82) is 0 Å². The number of carbonyl (C=O) groups is 2. The Kier molecular flexibility index (Phi) is 9.66. The molecule has 0 saturated heterocycles. The summed E-state index contributed by atoms with van der Waals surface area (Å²) in [6, 6.07) is 3.68. The maximum Gasteiger partial charge on any atom is 0.409 e. The zero-order chi connectivity index (χ0) is 23.7. The van der Waals surface area contributed by atoms with E-state index < -0.39 is 47.2 Å². The zero-order valence-electron chi connectivity index (χ0n) is 18.0. The number of ether oxygens (including phenoxy) is 2. The highest BCUT2D eigenvalue weighted by atomic mass is 32.2. The Morgan fingerprint density at radius 1 is 1.34 bits per heavy atom. The topological polar surface area (TPSA) is 148 Å². The second-order valence-corrected chi connectivity index (χ2v) is 9.58. The fourth-order valence-corrected chi connectivity index (χ4v) is 4.63. The van der Waals surface area contributed by atoms with E-state index in [1.807, 2.05) is 0 Å². The molecule has 0 radical (unpaired) electrons. The van der Waals surface area contributed by atoms with Crippen LogP contribution in [0.5, 0.6) is 5.75 Å². The molecule has 0 aromatic heterocycles. The monoisotopic (exact) mass is 475 g/mol. The van der Waals surface area contributed by atoms with Gasteiger partial charge < -0.3 is 20.3 Å². The first-order chi connectivity index (χ1) is 15.1. The van der Waals surface area contributed by atoms with Gasteiger partial charge in [0.05, 0.1) is 11.9 Å². The van der Waals surface area contributed by atoms with Gasteiger partial charge in [-0.1, -0.05) is 6.07 Å². The number of rotatable bonds is 13. The Hall–Kier alpha value is -2.44. The first kappa shape index (κ1) is 25.8. The average molecular weight is 476 g/mol. The van der Waals surface area contributed by atoms with Crippen LogP contribution < -0.4 is 15.2 Å². The number of nitrogens with two attached hydrogens (primary N) is 1. The number of halogens is 1. The third-order valence-electron chi connectivity index (χ3n) is 4.97. The van der Waals surface area contributed by atoms with E-state index in [4.69, 9.17) is 20.3 Å². The lowest BCUT2D eigenvalue weighted by atomic mass is 10.1. The van der Waals surface area contributed by atoms with Crippen molar-refractivity contribution in [2.24, 2.45) is 5.73 Å². The molecule has 0 unspecified atom stereocenters. The maximum absolute atomic E-state index is 14.1. The lowest BCUT2D eigenvalue weighted by molar-refractivity contribution is -0.120. The van der Waals surface area contributed by atoms with Gasteiger partial charge in [0.1, 0.15) is 13.3 Å². The molecule has 10 nitrogen and oxygen atoms in total. The molecule has 0 heterocycles. The molecular formula is C20H30FN3O7S. The van der Waals surface area contributed by atoms with Gasteiger partial charge in [-0.25, -0.2) is 22.3 Å². The van der Waals surface area contributed by atoms with Gasteiger partial charge in [0, 0.05) is 12.6 Å². The minimum absolute atomic E-state index is 0.0215. The van der Waals surface area contributed by atoms with Gasteiger partial charge in [-0.2, -0.15) is 0 Å². The highest BCUT2D eigenvalue weighted by Crippen LogP contribution is 2.28. The lowest BCUT2D eigenvalue weighted by Crippen LogP contribution is -2.39. The van der Waals surface area contributed by atoms with Crippen LogP contribution in [0, 0.1) is 5.82 Å². The highest BCUT2D eigenvalue weighted by molar-refractivity contribution is 7.89. The first-order valence-electron chi connectivity index (χ1n) is 10.4. The molecule has 1 saturated carbocycles. The first-order valence-corrected chi connectivity index (χ1v) is 12.0. The average Bonchev–Trinajstić information content (AvgIpc) is 3.20. The van der Waals surface area contributed by atoms with Gasteiger partial charge in [-0.3, -0.25) is 9.69 Å². The van der Waals surface area contributed by atoms with Crippen molar-refractivity contribution in [1.82, 2.24) is 9.62 Å². The normalized spacial score (nSPS) is 15.4. The molecule has 1 aliphatic carbocycles. The SMILES string of the molecule is C[C@@H](NS(=O)(=O)CCCOCN(CC(N)=O)C(=O)O)c1ccc(F)c(OC2CCCC2)c1. The Bertz CT molecular complexity index is 891. The number of primary amides is 1. The summed E-state index contributed by atoms with van der Waals surface area (Å²) in [5, 5.41) is 8.93. The van der Waals surface area contributed by atoms with Crippen molar-refractivity contribution < 1.29 is 37.0 Å². The molecule has 1 aromatic carbocycles. The zero-order valence-corrected chi connectivity index (χ0v) is 18.8. The van der Waals surface area contributed by atoms with Crippen LogP contribution in [-0.4, -0.2) is 62.2 Å². The third-order valence-corrected chi connectivity index (χ3v) is 6.51. The molecule has 0 aliphatic heterocycles. The van der Waals surface area contributed by atoms with Gasteiger partial charge in [-0.15, -0.1) is 0 Å². The van der Waals surface area contributed by atoms with E-state index in [0.717, 1.165) is 25.7 Å². The second-order valence-electron chi connectivity index (χ2n) is 7.71. The summed E-state index contributed by atoms with van der Waals surface area (Å²) >= 11 is 0. The van der Waals surface area contributed by atoms with Crippen molar-refractivity contribution in [3.63, 3.8) is 0 Å². The summed E-state index contributed by atoms with van der Waals surface area (Å²) < 4.78 is 52.2. The number of amides is 2. The number of carbonyl (C=O) groups excluding carboxylic acids is 1. The predicted molar refractivity (Wildman–Crippen MR) is 114 cm³/mol. The van der Waals surface area contributed by atoms with E-state index in [2.05, 4.69) is 4.72 Å². The number of hydrogen-bond acceptors (Lipinski definition) is 6. The molecule has 4 N–H and O–H groups in total. The lowest BCUT2D eigenvalue weighted by Gasteiger charge is -2.19. The Morgan fingerprint density at radius 2 is 2.03 bits per heavy atom. The molecule has 0 bridgehead atoms. The van der Waals surface area contributed by atoms with Crippen LogP contribution in [0.15, 0.2) is 18.2 Å². The summed E-state index contributed by atoms with van der Waals surface area (Å²) in [4.78, 5) is 22.5. The maximum atomic E-state index is 14.1. The van der Waals surface area contributed by atoms with Crippen LogP contribution in [0.25, 0.3) is 0 Å². The van der Waals surface area contributed by atoms with Crippen LogP contribution in [0.4, 0.5) is 9.18 Å². The third kappa shape index (κ3) is 8.60. The van der Waals surface area contributed by atoms with Crippen molar-refractivity contribution in [2.75, 3.05) is 25.6 Å². The van der Waals surface area contributed by atoms with Crippen LogP contribution in [0.2, 0.25) is 0 Å². The molecule has 1 atom stereocenters. The highest BCUT2D eigenvalue weighted by Gasteiger charge is 2.21. The number of nitrogens with one attached hydrogen (secondary N) is 1. The molecule has 2 amide bonds. The smallest absolute Gasteiger partial charge is 0.409 e. The van der Waals surface area contributed by atoms with Crippen molar-refractivity contribution in [3.8, 4) is 5.75 Å². The van der Waals surface area contributed by atoms with E-state index in [1.165, 1.54) is 18.2 Å². The number of carboxylic acid groups (broad SMARTS) is 1. The van der Waals surface area contributed by atoms with E-state index in [0.29, 0.717) is 10.5 Å². The summed E-state index contributed by atoms with van der Waals surface area (Å²) in [7, 11) is -3.68. The second kappa shape index (κ2) is 12.0. The molecule has 1 fully saturated rings. The number of nitrogens with zero attached hydrogens (tertiary/aromatic N) is 1. The van der Waals surface area contributed by atoms with Crippen LogP contribution in [0.1, 0.15) is 50.6 Å². The van der Waals surface area contributed by atoms with E-state index in [1.54, 1.807) is 6.92 Å². The molecule has 1 aliphatic rings. The molecule has 0 spiro atoms. The fourth-order valence-electron chi connectivity index (χ4n) is 3.34. The van der Waals surface area contributed by atoms with Gasteiger partial charge in [0.15, 0.2) is 11.6 Å². The Labute approximate surface area is 186 Å². The Morgan fingerprint density at radius 3 is 2.66 bits per heavy atom. The minimum Gasteiger partial charge on any atom is -0.487 e. The number of benzene rings is 1. The van der Waals surface area contributed by atoms with Crippen LogP contribution in [-0.2, 0) is 19.6 Å². The summed E-state index contributed by atoms with van der Waals surface area (Å²) in [6.07, 6.45) is 2.55. The van der Waals surface area contributed by atoms with Crippen LogP contribution >= 0.6 is 0 Å². The van der Waals surface area contributed by atoms with Crippen molar-refractivity contribution >= 4 is 22.0 Å². The predicted octanol–water partition coefficient (Wildman–Crippen LogP) is 1.96. The minimum atomic E-state index is -3.68. The standard InChI is InChI=1S/C20H30FN3O7S/c1-14(15-7-8-17(21)18(11-15)31-16-5-2-3-6-16)23-32(28,29)10-4-9-30-13-24(20(26)27)12-19(22)25/h7-8,11,14,16,23H,2-6,9-10,12-13H2,1H3,(H2,22,25)(H,26,27)/t14-/m1/s1. The van der Waals surface area contributed by atoms with Gasteiger partial charge in [0.25, 0.3) is 0 Å². The molecule has 180 valence electrons. The van der Waals surface area contributed by atoms with E-state index in [-0.39, 0.29) is 30.6 Å². The molecular weight excluding hydrogens is 445 g/mol. The van der Waals surface area contributed by atoms with Crippen molar-refractivity contribution in [3.05, 3.63) is 29.6 Å². The van der Waals surface area contributed by atoms with Gasteiger partial charge >= 0.3 is 6.09 Å². The molecule has 1 aromatic rings. The summed E-state index contributed by atoms with van der Waals surface area (Å²) in [5.41, 5.74) is 5.53. The van der Waals surface area contributed by atoms with E-state index >= 15 is 0 Å². The number of sulfonamides is 1. The summed E-state index contributed by atoms with van der Waals surface area (Å²) in [5.74, 6) is -1.45. The summed E-state index contributed by atoms with van der Waals surface area (Å²) in [6.45, 7) is 0.696. The largest absolute Gasteiger partial charge is 0.487 e. The molecule has 32 heavy (non-hydrogen) atoms. The van der Waals surface area contributed by atoms with Gasteiger partial charge in [-0.05, 0) is 56.7 Å². The van der Waals surface area contributed by atoms with Crippen molar-refractivity contribution in [2.45, 2.75) is 51.2 Å². The van der Waals surface area contributed by atoms with E-state index in [9.17, 15) is 22.4 Å². The van der Waals surface area contributed by atoms with Crippen LogP contribution in [0.3, 0.4) is 0 Å². The Balaban J connectivity index is 1.82. The molecule has 12 heteroatoms. The molecule has 2 rings (SSSR count). The quantitative estimate of drug-likeness (QED) is 0.292.